The monoisotopic (exact) mass is 482 g/mol. The fourth-order valence-electron chi connectivity index (χ4n) is 2.94. The Labute approximate surface area is 189 Å². The molecule has 0 atom stereocenters. The van der Waals surface area contributed by atoms with Crippen LogP contribution in [0.1, 0.15) is 38.8 Å². The lowest BCUT2D eigenvalue weighted by Gasteiger charge is -2.30. The number of alkyl halides is 6. The minimum Gasteiger partial charge on any atom is -0.420 e. The molecule has 0 aliphatic rings. The number of ether oxygens (including phenoxy) is 3. The Morgan fingerprint density at radius 1 is 0.613 bits per heavy atom. The maximum atomic E-state index is 12.7. The minimum atomic E-state index is -3.76. The molecule has 0 aliphatic heterocycles. The van der Waals surface area contributed by atoms with Gasteiger partial charge >= 0.3 is 11.1 Å². The normalized spacial score (nSPS) is 13.2. The fourth-order valence-corrected chi connectivity index (χ4v) is 3.12. The van der Waals surface area contributed by atoms with Crippen molar-refractivity contribution in [1.29, 1.82) is 0 Å². The first-order chi connectivity index (χ1) is 14.1. The van der Waals surface area contributed by atoms with Crippen molar-refractivity contribution < 1.29 is 31.8 Å². The van der Waals surface area contributed by atoms with E-state index in [4.69, 9.17) is 27.9 Å². The molecule has 0 fully saturated rings. The van der Waals surface area contributed by atoms with Gasteiger partial charge < -0.3 is 14.2 Å². The SMILES string of the molecule is CC(C)(COCC(C)(C)c1ccc(OC(F)(F)Cl)cc1)c1ccc(OC(F)(F)Cl)cc1. The second kappa shape index (κ2) is 9.43. The van der Waals surface area contributed by atoms with Crippen molar-refractivity contribution in [3.63, 3.8) is 0 Å². The van der Waals surface area contributed by atoms with E-state index in [0.717, 1.165) is 11.1 Å². The van der Waals surface area contributed by atoms with Crippen LogP contribution >= 0.6 is 23.2 Å². The average molecular weight is 483 g/mol. The Morgan fingerprint density at radius 3 is 1.16 bits per heavy atom. The van der Waals surface area contributed by atoms with Gasteiger partial charge in [0.25, 0.3) is 0 Å². The van der Waals surface area contributed by atoms with Crippen molar-refractivity contribution in [2.45, 2.75) is 49.7 Å². The van der Waals surface area contributed by atoms with Crippen molar-refractivity contribution in [3.05, 3.63) is 59.7 Å². The highest BCUT2D eigenvalue weighted by Crippen LogP contribution is 2.31. The van der Waals surface area contributed by atoms with Gasteiger partial charge in [-0.2, -0.15) is 0 Å². The van der Waals surface area contributed by atoms with Crippen LogP contribution in [-0.2, 0) is 15.6 Å². The molecule has 0 saturated carbocycles. The highest BCUT2D eigenvalue weighted by Gasteiger charge is 2.30. The summed E-state index contributed by atoms with van der Waals surface area (Å²) in [5.41, 5.74) is -6.58. The van der Waals surface area contributed by atoms with Crippen molar-refractivity contribution in [1.82, 2.24) is 0 Å². The minimum absolute atomic E-state index is 0.0408. The van der Waals surface area contributed by atoms with E-state index in [1.54, 1.807) is 24.3 Å². The Balaban J connectivity index is 1.95. The van der Waals surface area contributed by atoms with E-state index in [9.17, 15) is 17.6 Å². The van der Waals surface area contributed by atoms with Gasteiger partial charge in [0, 0.05) is 34.0 Å². The van der Waals surface area contributed by atoms with Gasteiger partial charge in [-0.1, -0.05) is 52.0 Å². The molecule has 0 aliphatic carbocycles. The van der Waals surface area contributed by atoms with Crippen LogP contribution in [0.3, 0.4) is 0 Å². The summed E-state index contributed by atoms with van der Waals surface area (Å²) in [6.07, 6.45) is 0. The summed E-state index contributed by atoms with van der Waals surface area (Å²) in [6, 6.07) is 12.4. The molecular formula is C22H24Cl2F4O3. The first-order valence-electron chi connectivity index (χ1n) is 9.38. The van der Waals surface area contributed by atoms with E-state index in [2.05, 4.69) is 9.47 Å². The van der Waals surface area contributed by atoms with Gasteiger partial charge in [0.1, 0.15) is 11.5 Å². The first-order valence-corrected chi connectivity index (χ1v) is 10.1. The largest absolute Gasteiger partial charge is 0.487 e. The van der Waals surface area contributed by atoms with E-state index < -0.39 is 22.0 Å². The van der Waals surface area contributed by atoms with Gasteiger partial charge in [0.2, 0.25) is 0 Å². The van der Waals surface area contributed by atoms with E-state index >= 15 is 0 Å². The van der Waals surface area contributed by atoms with Crippen LogP contribution in [0.5, 0.6) is 11.5 Å². The predicted octanol–water partition coefficient (Wildman–Crippen LogP) is 7.29. The van der Waals surface area contributed by atoms with E-state index in [1.807, 2.05) is 27.7 Å². The molecule has 0 bridgehead atoms. The third kappa shape index (κ3) is 8.39. The van der Waals surface area contributed by atoms with Crippen molar-refractivity contribution in [2.24, 2.45) is 0 Å². The van der Waals surface area contributed by atoms with Gasteiger partial charge in [-0.05, 0) is 35.4 Å². The third-order valence-corrected chi connectivity index (χ3v) is 4.82. The molecule has 2 aromatic rings. The smallest absolute Gasteiger partial charge is 0.420 e. The predicted molar refractivity (Wildman–Crippen MR) is 113 cm³/mol. The molecule has 0 N–H and O–H groups in total. The third-order valence-electron chi connectivity index (χ3n) is 4.66. The summed E-state index contributed by atoms with van der Waals surface area (Å²) in [4.78, 5) is 0. The number of rotatable bonds is 10. The summed E-state index contributed by atoms with van der Waals surface area (Å²) in [5.74, 6) is -0.0816. The second-order valence-corrected chi connectivity index (χ2v) is 9.28. The van der Waals surface area contributed by atoms with E-state index in [-0.39, 0.29) is 11.5 Å². The molecule has 0 aromatic heterocycles. The molecule has 0 saturated heterocycles. The van der Waals surface area contributed by atoms with Crippen molar-refractivity contribution >= 4 is 23.2 Å². The molecule has 3 nitrogen and oxygen atoms in total. The molecule has 31 heavy (non-hydrogen) atoms. The van der Waals surface area contributed by atoms with Gasteiger partial charge in [-0.3, -0.25) is 0 Å². The summed E-state index contributed by atoms with van der Waals surface area (Å²) in [6.45, 7) is 8.58. The summed E-state index contributed by atoms with van der Waals surface area (Å²) < 4.78 is 65.5. The van der Waals surface area contributed by atoms with Gasteiger partial charge in [-0.25, -0.2) is 0 Å². The lowest BCUT2D eigenvalue weighted by molar-refractivity contribution is -0.0972. The fraction of sp³-hybridized carbons (Fsp3) is 0.455. The molecule has 9 heteroatoms. The molecule has 0 spiro atoms. The van der Waals surface area contributed by atoms with Crippen LogP contribution in [0.4, 0.5) is 17.6 Å². The van der Waals surface area contributed by atoms with E-state index in [1.165, 1.54) is 24.3 Å². The van der Waals surface area contributed by atoms with Gasteiger partial charge in [0.05, 0.1) is 13.2 Å². The maximum Gasteiger partial charge on any atom is 0.487 e. The zero-order chi connectivity index (χ0) is 23.5. The molecule has 0 heterocycles. The topological polar surface area (TPSA) is 27.7 Å². The quantitative estimate of drug-likeness (QED) is 0.262. The maximum absolute atomic E-state index is 12.7. The van der Waals surface area contributed by atoms with Crippen LogP contribution in [0, 0.1) is 0 Å². The van der Waals surface area contributed by atoms with Crippen LogP contribution in [-0.4, -0.2) is 24.3 Å². The molecule has 0 unspecified atom stereocenters. The molecule has 0 amide bonds. The summed E-state index contributed by atoms with van der Waals surface area (Å²) in [7, 11) is 0. The number of hydrogen-bond donors (Lipinski definition) is 0. The van der Waals surface area contributed by atoms with Crippen molar-refractivity contribution in [3.8, 4) is 11.5 Å². The molecule has 0 radical (unpaired) electrons. The van der Waals surface area contributed by atoms with E-state index in [0.29, 0.717) is 13.2 Å². The molecule has 172 valence electrons. The zero-order valence-corrected chi connectivity index (χ0v) is 19.0. The highest BCUT2D eigenvalue weighted by atomic mass is 35.5. The number of hydrogen-bond acceptors (Lipinski definition) is 3. The second-order valence-electron chi connectivity index (χ2n) is 8.40. The zero-order valence-electron chi connectivity index (χ0n) is 17.5. The highest BCUT2D eigenvalue weighted by molar-refractivity contribution is 6.21. The standard InChI is InChI=1S/C22H24Cl2F4O3/c1-19(2,15-5-9-17(10-6-15)30-21(23,25)26)13-29-14-20(3,4)16-7-11-18(12-8-16)31-22(24,27)28/h5-12H,13-14H2,1-4H3. The lowest BCUT2D eigenvalue weighted by Crippen LogP contribution is -2.30. The number of benzene rings is 2. The molecular weight excluding hydrogens is 459 g/mol. The Hall–Kier alpha value is -1.70. The number of halogens is 6. The Bertz CT molecular complexity index is 772. The Morgan fingerprint density at radius 2 is 0.903 bits per heavy atom. The van der Waals surface area contributed by atoms with Gasteiger partial charge in [-0.15, -0.1) is 17.6 Å². The van der Waals surface area contributed by atoms with Crippen LogP contribution < -0.4 is 9.47 Å². The average Bonchev–Trinajstić information content (AvgIpc) is 2.59. The molecule has 2 rings (SSSR count). The summed E-state index contributed by atoms with van der Waals surface area (Å²) in [5, 5.41) is 0. The first kappa shape index (κ1) is 25.6. The Kier molecular flexibility index (Phi) is 7.77. The van der Waals surface area contributed by atoms with Crippen LogP contribution in [0.2, 0.25) is 0 Å². The van der Waals surface area contributed by atoms with Crippen LogP contribution in [0.25, 0.3) is 0 Å². The lowest BCUT2D eigenvalue weighted by atomic mass is 9.84. The van der Waals surface area contributed by atoms with Gasteiger partial charge in [0.15, 0.2) is 0 Å². The van der Waals surface area contributed by atoms with Crippen LogP contribution in [0.15, 0.2) is 48.5 Å². The molecule has 2 aromatic carbocycles. The van der Waals surface area contributed by atoms with Crippen molar-refractivity contribution in [2.75, 3.05) is 13.2 Å². The summed E-state index contributed by atoms with van der Waals surface area (Å²) >= 11 is 9.55.